The molecule has 0 spiro atoms. The number of hydrogen-bond acceptors (Lipinski definition) is 2. The lowest BCUT2D eigenvalue weighted by atomic mass is 9.36. The van der Waals surface area contributed by atoms with Crippen molar-refractivity contribution in [3.8, 4) is 0 Å². The molecule has 0 unspecified atom stereocenters. The van der Waals surface area contributed by atoms with Crippen LogP contribution in [0.5, 0.6) is 0 Å². The van der Waals surface area contributed by atoms with Gasteiger partial charge in [0, 0.05) is 26.9 Å². The van der Waals surface area contributed by atoms with E-state index in [-0.39, 0.29) is 6.71 Å². The van der Waals surface area contributed by atoms with Gasteiger partial charge in [0.25, 0.3) is 0 Å². The van der Waals surface area contributed by atoms with Gasteiger partial charge >= 0.3 is 0 Å². The number of anilines is 3. The highest BCUT2D eigenvalue weighted by molar-refractivity contribution is 8.00. The van der Waals surface area contributed by atoms with E-state index in [1.807, 2.05) is 11.8 Å². The first-order valence-corrected chi connectivity index (χ1v) is 18.7. The second-order valence-corrected chi connectivity index (χ2v) is 16.9. The minimum Gasteiger partial charge on any atom is -0.311 e. The van der Waals surface area contributed by atoms with Crippen molar-refractivity contribution in [3.63, 3.8) is 0 Å². The van der Waals surface area contributed by atoms with Crippen LogP contribution in [0.3, 0.4) is 0 Å². The van der Waals surface area contributed by atoms with Gasteiger partial charge in [0.1, 0.15) is 0 Å². The van der Waals surface area contributed by atoms with Crippen molar-refractivity contribution in [3.05, 3.63) is 182 Å². The smallest absolute Gasteiger partial charge is 0.244 e. The lowest BCUT2D eigenvalue weighted by Crippen LogP contribution is -2.87. The van der Waals surface area contributed by atoms with E-state index < -0.39 is 8.07 Å². The van der Waals surface area contributed by atoms with Crippen LogP contribution in [0.4, 0.5) is 17.1 Å². The molecule has 0 radical (unpaired) electrons. The molecule has 2 aliphatic rings. The zero-order valence-corrected chi connectivity index (χ0v) is 27.1. The van der Waals surface area contributed by atoms with Gasteiger partial charge in [0.05, 0.1) is 0 Å². The number of para-hydroxylation sites is 2. The largest absolute Gasteiger partial charge is 0.311 e. The van der Waals surface area contributed by atoms with Gasteiger partial charge in [0.15, 0.2) is 8.07 Å². The summed E-state index contributed by atoms with van der Waals surface area (Å²) in [4.78, 5) is 5.10. The quantitative estimate of drug-likeness (QED) is 0.223. The zero-order valence-electron chi connectivity index (χ0n) is 25.3. The molecule has 0 saturated carbocycles. The topological polar surface area (TPSA) is 3.24 Å². The summed E-state index contributed by atoms with van der Waals surface area (Å²) >= 11 is 1.93. The van der Waals surface area contributed by atoms with Crippen LogP contribution in [-0.4, -0.2) is 14.8 Å². The van der Waals surface area contributed by atoms with Crippen LogP contribution in [0.15, 0.2) is 192 Å². The highest BCUT2D eigenvalue weighted by Crippen LogP contribution is 2.37. The molecule has 1 nitrogen and oxygen atoms in total. The first-order chi connectivity index (χ1) is 22.8. The highest BCUT2D eigenvalue weighted by Gasteiger charge is 2.51. The Balaban J connectivity index is 1.32. The molecule has 7 aromatic rings. The molecule has 0 amide bonds. The van der Waals surface area contributed by atoms with Crippen LogP contribution in [-0.2, 0) is 0 Å². The molecule has 2 heterocycles. The lowest BCUT2D eigenvalue weighted by Gasteiger charge is -2.45. The maximum Gasteiger partial charge on any atom is 0.244 e. The average Bonchev–Trinajstić information content (AvgIpc) is 3.13. The van der Waals surface area contributed by atoms with Crippen molar-refractivity contribution in [1.29, 1.82) is 0 Å². The normalized spacial score (nSPS) is 13.7. The number of fused-ring (bicyclic) bond motifs is 4. The summed E-state index contributed by atoms with van der Waals surface area (Å²) in [6, 6.07) is 67.6. The molecule has 9 rings (SSSR count). The fourth-order valence-corrected chi connectivity index (χ4v) is 14.4. The predicted octanol–water partition coefficient (Wildman–Crippen LogP) is 5.83. The molecule has 46 heavy (non-hydrogen) atoms. The van der Waals surface area contributed by atoms with Crippen molar-refractivity contribution in [2.75, 3.05) is 4.90 Å². The SMILES string of the molecule is c1ccc(N(c2ccccc2)c2ccc3c(c2)B2c4ccccc4[Si](c4ccccc4)(c4ccccc4)c4cccc(c42)S3)cc1. The third-order valence-corrected chi connectivity index (χ3v) is 15.7. The molecule has 2 aliphatic heterocycles. The number of hydrogen-bond donors (Lipinski definition) is 0. The standard InChI is InChI=1S/C42H30BNSSi/c1-5-16-31(17-6-1)44(32-18-7-2-8-19-32)33-28-29-38-37(30-33)43-36-24-13-14-26-40(36)46(34-20-9-3-10-21-34,35-22-11-4-12-23-35)41-27-15-25-39(45-38)42(41)43/h1-30H. The van der Waals surface area contributed by atoms with Gasteiger partial charge in [-0.3, -0.25) is 0 Å². The summed E-state index contributed by atoms with van der Waals surface area (Å²) in [5.41, 5.74) is 7.79. The molecule has 0 atom stereocenters. The average molecular weight is 620 g/mol. The van der Waals surface area contributed by atoms with E-state index in [0.29, 0.717) is 0 Å². The number of nitrogens with zero attached hydrogens (tertiary/aromatic N) is 1. The second kappa shape index (κ2) is 11.1. The molecule has 7 aromatic carbocycles. The molecular formula is C42H30BNSSi. The van der Waals surface area contributed by atoms with Gasteiger partial charge in [0.2, 0.25) is 6.71 Å². The van der Waals surface area contributed by atoms with Crippen LogP contribution in [0.25, 0.3) is 0 Å². The minimum atomic E-state index is -2.62. The Morgan fingerprint density at radius 2 is 0.957 bits per heavy atom. The molecule has 4 heteroatoms. The predicted molar refractivity (Wildman–Crippen MR) is 200 cm³/mol. The molecule has 0 saturated heterocycles. The lowest BCUT2D eigenvalue weighted by molar-refractivity contribution is 1.27. The van der Waals surface area contributed by atoms with Gasteiger partial charge < -0.3 is 4.90 Å². The summed E-state index contributed by atoms with van der Waals surface area (Å²) in [6.45, 7) is 0.153. The second-order valence-electron chi connectivity index (χ2n) is 12.1. The van der Waals surface area contributed by atoms with Crippen molar-refractivity contribution < 1.29 is 0 Å². The summed E-state index contributed by atoms with van der Waals surface area (Å²) in [7, 11) is -2.62. The molecule has 0 aliphatic carbocycles. The van der Waals surface area contributed by atoms with Gasteiger partial charge in [-0.2, -0.15) is 0 Å². The first kappa shape index (κ1) is 27.3. The van der Waals surface area contributed by atoms with Crippen LogP contribution >= 0.6 is 11.8 Å². The Morgan fingerprint density at radius 1 is 0.413 bits per heavy atom. The van der Waals surface area contributed by atoms with Crippen LogP contribution in [0.2, 0.25) is 0 Å². The van der Waals surface area contributed by atoms with Gasteiger partial charge in [-0.15, -0.1) is 0 Å². The van der Waals surface area contributed by atoms with E-state index in [0.717, 1.165) is 11.4 Å². The van der Waals surface area contributed by atoms with E-state index >= 15 is 0 Å². The number of rotatable bonds is 5. The fraction of sp³-hybridized carbons (Fsp3) is 0. The molecule has 0 N–H and O–H groups in total. The Kier molecular flexibility index (Phi) is 6.58. The van der Waals surface area contributed by atoms with Gasteiger partial charge in [-0.25, -0.2) is 0 Å². The van der Waals surface area contributed by atoms with E-state index in [2.05, 4.69) is 187 Å². The van der Waals surface area contributed by atoms with Crippen molar-refractivity contribution >= 4 is 80.7 Å². The van der Waals surface area contributed by atoms with E-state index in [4.69, 9.17) is 0 Å². The van der Waals surface area contributed by atoms with Crippen molar-refractivity contribution in [2.24, 2.45) is 0 Å². The zero-order chi connectivity index (χ0) is 30.5. The Bertz CT molecular complexity index is 2110. The Hall–Kier alpha value is -5.03. The summed E-state index contributed by atoms with van der Waals surface area (Å²) in [5, 5.41) is 5.87. The Morgan fingerprint density at radius 3 is 1.59 bits per heavy atom. The van der Waals surface area contributed by atoms with E-state index in [9.17, 15) is 0 Å². The monoisotopic (exact) mass is 619 g/mol. The maximum absolute atomic E-state index is 2.62. The van der Waals surface area contributed by atoms with Crippen molar-refractivity contribution in [2.45, 2.75) is 9.79 Å². The highest BCUT2D eigenvalue weighted by atomic mass is 32.2. The first-order valence-electron chi connectivity index (χ1n) is 15.9. The maximum atomic E-state index is 2.46. The molecule has 216 valence electrons. The van der Waals surface area contributed by atoms with Crippen LogP contribution < -0.4 is 42.0 Å². The van der Waals surface area contributed by atoms with E-state index in [1.54, 1.807) is 0 Å². The van der Waals surface area contributed by atoms with Crippen LogP contribution in [0, 0.1) is 0 Å². The van der Waals surface area contributed by atoms with Gasteiger partial charge in [-0.05, 0) is 69.3 Å². The summed E-state index contributed by atoms with van der Waals surface area (Å²) in [6.07, 6.45) is 0. The van der Waals surface area contributed by atoms with Crippen LogP contribution in [0.1, 0.15) is 0 Å². The van der Waals surface area contributed by atoms with E-state index in [1.165, 1.54) is 52.6 Å². The molecular weight excluding hydrogens is 589 g/mol. The van der Waals surface area contributed by atoms with Gasteiger partial charge in [-0.1, -0.05) is 162 Å². The molecule has 0 aromatic heterocycles. The molecule has 0 bridgehead atoms. The Labute approximate surface area is 276 Å². The van der Waals surface area contributed by atoms with Crippen molar-refractivity contribution in [1.82, 2.24) is 0 Å². The summed E-state index contributed by atoms with van der Waals surface area (Å²) < 4.78 is 0. The minimum absolute atomic E-state index is 0.153. The summed E-state index contributed by atoms with van der Waals surface area (Å²) in [5.74, 6) is 0. The number of benzene rings is 7. The third-order valence-electron chi connectivity index (χ3n) is 9.66. The molecule has 0 fully saturated rings. The third kappa shape index (κ3) is 4.11. The fourth-order valence-electron chi connectivity index (χ4n) is 7.85.